The van der Waals surface area contributed by atoms with Gasteiger partial charge in [-0.3, -0.25) is 4.79 Å². The number of halogens is 1. The topological polar surface area (TPSA) is 62.0 Å². The predicted molar refractivity (Wildman–Crippen MR) is 76.4 cm³/mol. The molecule has 0 fully saturated rings. The quantitative estimate of drug-likeness (QED) is 0.850. The number of carbonyl (C=O) groups excluding carboxylic acids is 2. The Morgan fingerprint density at radius 1 is 1.26 bits per heavy atom. The molecule has 0 aliphatic rings. The van der Waals surface area contributed by atoms with Gasteiger partial charge in [0.15, 0.2) is 0 Å². The van der Waals surface area contributed by atoms with E-state index in [1.54, 1.807) is 30.5 Å². The second-order valence-corrected chi connectivity index (χ2v) is 4.77. The van der Waals surface area contributed by atoms with Crippen LogP contribution < -0.4 is 5.32 Å². The van der Waals surface area contributed by atoms with Gasteiger partial charge < -0.3 is 10.3 Å². The summed E-state index contributed by atoms with van der Waals surface area (Å²) < 4.78 is 0.928. The van der Waals surface area contributed by atoms with Gasteiger partial charge in [-0.2, -0.15) is 0 Å². The van der Waals surface area contributed by atoms with Crippen LogP contribution in [-0.4, -0.2) is 23.4 Å². The zero-order valence-electron chi connectivity index (χ0n) is 9.94. The highest BCUT2D eigenvalue weighted by Crippen LogP contribution is 2.15. The molecule has 19 heavy (non-hydrogen) atoms. The fraction of sp³-hybridized carbons (Fsp3) is 0.0714. The number of hydrogen-bond acceptors (Lipinski definition) is 2. The number of benzene rings is 1. The molecule has 96 valence electrons. The monoisotopic (exact) mass is 318 g/mol. The normalized spacial score (nSPS) is 9.74. The van der Waals surface area contributed by atoms with E-state index >= 15 is 0 Å². The third kappa shape index (κ3) is 3.44. The molecule has 0 aliphatic heterocycles. The van der Waals surface area contributed by atoms with Crippen molar-refractivity contribution < 1.29 is 9.59 Å². The van der Waals surface area contributed by atoms with Crippen LogP contribution in [0.25, 0.3) is 5.57 Å². The molecular weight excluding hydrogens is 308 g/mol. The van der Waals surface area contributed by atoms with Crippen molar-refractivity contribution in [3.63, 3.8) is 0 Å². The molecule has 0 saturated heterocycles. The maximum Gasteiger partial charge on any atom is 0.267 e. The van der Waals surface area contributed by atoms with Crippen molar-refractivity contribution in [2.24, 2.45) is 0 Å². The summed E-state index contributed by atoms with van der Waals surface area (Å²) in [4.78, 5) is 25.5. The van der Waals surface area contributed by atoms with E-state index in [4.69, 9.17) is 0 Å². The number of rotatable bonds is 4. The number of H-pyrrole nitrogens is 1. The smallest absolute Gasteiger partial charge is 0.267 e. The van der Waals surface area contributed by atoms with Crippen LogP contribution in [0.2, 0.25) is 0 Å². The van der Waals surface area contributed by atoms with Crippen LogP contribution >= 0.6 is 15.9 Å². The van der Waals surface area contributed by atoms with Gasteiger partial charge in [-0.1, -0.05) is 28.1 Å². The van der Waals surface area contributed by atoms with E-state index < -0.39 is 0 Å². The van der Waals surface area contributed by atoms with Crippen molar-refractivity contribution in [2.45, 2.75) is 0 Å². The Morgan fingerprint density at radius 2 is 2.00 bits per heavy atom. The third-order valence-corrected chi connectivity index (χ3v) is 3.11. The zero-order valence-corrected chi connectivity index (χ0v) is 11.5. The van der Waals surface area contributed by atoms with Gasteiger partial charge in [-0.25, -0.2) is 4.79 Å². The van der Waals surface area contributed by atoms with Gasteiger partial charge >= 0.3 is 0 Å². The molecule has 0 spiro atoms. The molecule has 1 aromatic carbocycles. The van der Waals surface area contributed by atoms with Crippen molar-refractivity contribution in [3.05, 3.63) is 58.3 Å². The first-order chi connectivity index (χ1) is 9.20. The Kier molecular flexibility index (Phi) is 4.34. The van der Waals surface area contributed by atoms with Crippen LogP contribution in [0.1, 0.15) is 16.1 Å². The molecule has 1 amide bonds. The summed E-state index contributed by atoms with van der Waals surface area (Å²) >= 11 is 3.32. The fourth-order valence-corrected chi connectivity index (χ4v) is 1.85. The number of carbonyl (C=O) groups is 1. The second-order valence-electron chi connectivity index (χ2n) is 3.85. The van der Waals surface area contributed by atoms with Crippen LogP contribution in [0, 0.1) is 0 Å². The van der Waals surface area contributed by atoms with Crippen molar-refractivity contribution in [1.82, 2.24) is 10.3 Å². The van der Waals surface area contributed by atoms with Gasteiger partial charge in [0.05, 0.1) is 12.1 Å². The highest BCUT2D eigenvalue weighted by Gasteiger charge is 2.08. The Bertz CT molecular complexity index is 611. The van der Waals surface area contributed by atoms with Gasteiger partial charge in [-0.15, -0.1) is 0 Å². The SMILES string of the molecule is O=C=C(CNC(=O)c1ccc[nH]1)c1ccc(Br)cc1. The van der Waals surface area contributed by atoms with E-state index in [1.165, 1.54) is 0 Å². The number of aromatic amines is 1. The predicted octanol–water partition coefficient (Wildman–Crippen LogP) is 2.42. The molecule has 4 nitrogen and oxygen atoms in total. The Hall–Kier alpha value is -2.10. The highest BCUT2D eigenvalue weighted by atomic mass is 79.9. The Balaban J connectivity index is 2.03. The van der Waals surface area contributed by atoms with E-state index in [0.29, 0.717) is 11.3 Å². The van der Waals surface area contributed by atoms with Gasteiger partial charge in [0.1, 0.15) is 11.6 Å². The maximum atomic E-state index is 11.7. The van der Waals surface area contributed by atoms with E-state index in [2.05, 4.69) is 26.2 Å². The van der Waals surface area contributed by atoms with E-state index in [-0.39, 0.29) is 12.5 Å². The molecule has 1 aromatic heterocycles. The minimum atomic E-state index is -0.255. The first-order valence-electron chi connectivity index (χ1n) is 5.62. The number of nitrogens with one attached hydrogen (secondary N) is 2. The summed E-state index contributed by atoms with van der Waals surface area (Å²) in [6.45, 7) is 0.142. The first kappa shape index (κ1) is 13.3. The molecule has 1 heterocycles. The lowest BCUT2D eigenvalue weighted by Crippen LogP contribution is -2.25. The van der Waals surface area contributed by atoms with Gasteiger partial charge in [0.2, 0.25) is 0 Å². The lowest BCUT2D eigenvalue weighted by Gasteiger charge is -2.05. The molecule has 5 heteroatoms. The average Bonchev–Trinajstić information content (AvgIpc) is 2.95. The van der Waals surface area contributed by atoms with Crippen molar-refractivity contribution in [3.8, 4) is 0 Å². The molecule has 2 aromatic rings. The van der Waals surface area contributed by atoms with Crippen LogP contribution in [-0.2, 0) is 4.79 Å². The van der Waals surface area contributed by atoms with E-state index in [0.717, 1.165) is 10.0 Å². The minimum absolute atomic E-state index is 0.142. The molecule has 0 atom stereocenters. The summed E-state index contributed by atoms with van der Waals surface area (Å²) in [5.74, 6) is 1.61. The second kappa shape index (κ2) is 6.18. The van der Waals surface area contributed by atoms with Crippen molar-refractivity contribution in [2.75, 3.05) is 6.54 Å². The van der Waals surface area contributed by atoms with E-state index in [1.807, 2.05) is 18.1 Å². The summed E-state index contributed by atoms with van der Waals surface area (Å²) in [5, 5.41) is 2.67. The van der Waals surface area contributed by atoms with E-state index in [9.17, 15) is 9.59 Å². The molecule has 0 bridgehead atoms. The Labute approximate surface area is 118 Å². The molecule has 2 rings (SSSR count). The lowest BCUT2D eigenvalue weighted by atomic mass is 10.1. The zero-order chi connectivity index (χ0) is 13.7. The van der Waals surface area contributed by atoms with Gasteiger partial charge in [0.25, 0.3) is 5.91 Å². The summed E-state index contributed by atoms with van der Waals surface area (Å²) in [7, 11) is 0. The summed E-state index contributed by atoms with van der Waals surface area (Å²) in [6, 6.07) is 10.7. The third-order valence-electron chi connectivity index (χ3n) is 2.58. The number of aromatic nitrogens is 1. The fourth-order valence-electron chi connectivity index (χ4n) is 1.58. The summed E-state index contributed by atoms with van der Waals surface area (Å²) in [6.07, 6.45) is 1.67. The molecule has 0 aliphatic carbocycles. The number of hydrogen-bond donors (Lipinski definition) is 2. The standard InChI is InChI=1S/C14H11BrN2O2/c15-12-5-3-10(4-6-12)11(9-18)8-17-14(19)13-2-1-7-16-13/h1-7,16H,8H2,(H,17,19). The van der Waals surface area contributed by atoms with Crippen LogP contribution in [0.15, 0.2) is 47.1 Å². The number of amides is 1. The van der Waals surface area contributed by atoms with Crippen LogP contribution in [0.5, 0.6) is 0 Å². The van der Waals surface area contributed by atoms with Crippen LogP contribution in [0.4, 0.5) is 0 Å². The van der Waals surface area contributed by atoms with Gasteiger partial charge in [-0.05, 0) is 29.8 Å². The molecule has 2 N–H and O–H groups in total. The van der Waals surface area contributed by atoms with Crippen molar-refractivity contribution >= 4 is 33.4 Å². The molecule has 0 radical (unpaired) electrons. The lowest BCUT2D eigenvalue weighted by molar-refractivity contribution is 0.0954. The minimum Gasteiger partial charge on any atom is -0.357 e. The molecular formula is C14H11BrN2O2. The van der Waals surface area contributed by atoms with Crippen molar-refractivity contribution in [1.29, 1.82) is 0 Å². The first-order valence-corrected chi connectivity index (χ1v) is 6.41. The molecule has 0 unspecified atom stereocenters. The highest BCUT2D eigenvalue weighted by molar-refractivity contribution is 9.10. The largest absolute Gasteiger partial charge is 0.357 e. The maximum absolute atomic E-state index is 11.7. The summed E-state index contributed by atoms with van der Waals surface area (Å²) in [5.41, 5.74) is 1.61. The average molecular weight is 319 g/mol. The van der Waals surface area contributed by atoms with Gasteiger partial charge in [0, 0.05) is 10.7 Å². The molecule has 0 saturated carbocycles. The Morgan fingerprint density at radius 3 is 2.58 bits per heavy atom. The van der Waals surface area contributed by atoms with Crippen LogP contribution in [0.3, 0.4) is 0 Å².